The van der Waals surface area contributed by atoms with Crippen molar-refractivity contribution < 1.29 is 19.0 Å². The van der Waals surface area contributed by atoms with Crippen LogP contribution in [0.2, 0.25) is 0 Å². The van der Waals surface area contributed by atoms with Crippen LogP contribution >= 0.6 is 0 Å². The Morgan fingerprint density at radius 1 is 1.47 bits per heavy atom. The largest absolute Gasteiger partial charge is 0.494 e. The van der Waals surface area contributed by atoms with Gasteiger partial charge in [0.05, 0.1) is 7.11 Å². The highest BCUT2D eigenvalue weighted by molar-refractivity contribution is 5.80. The fourth-order valence-electron chi connectivity index (χ4n) is 1.28. The monoisotopic (exact) mass is 236 g/mol. The summed E-state index contributed by atoms with van der Waals surface area (Å²) < 4.78 is 18.2. The summed E-state index contributed by atoms with van der Waals surface area (Å²) in [5.41, 5.74) is 1.45. The lowest BCUT2D eigenvalue weighted by atomic mass is 10.1. The number of hydrogen-bond donors (Lipinski definition) is 1. The number of methoxy groups -OCH3 is 1. The Bertz CT molecular complexity index is 476. The summed E-state index contributed by atoms with van der Waals surface area (Å²) in [5.74, 6) is -1.28. The van der Waals surface area contributed by atoms with Crippen LogP contribution in [-0.4, -0.2) is 18.2 Å². The zero-order valence-corrected chi connectivity index (χ0v) is 9.61. The van der Waals surface area contributed by atoms with Crippen molar-refractivity contribution in [1.29, 1.82) is 0 Å². The molecule has 3 nitrogen and oxygen atoms in total. The lowest BCUT2D eigenvalue weighted by molar-refractivity contribution is -0.131. The first kappa shape index (κ1) is 13.0. The summed E-state index contributed by atoms with van der Waals surface area (Å²) in [7, 11) is 1.40. The van der Waals surface area contributed by atoms with Gasteiger partial charge < -0.3 is 9.84 Å². The predicted molar refractivity (Wildman–Crippen MR) is 63.4 cm³/mol. The Labute approximate surface area is 98.8 Å². The second-order valence-electron chi connectivity index (χ2n) is 3.40. The molecular weight excluding hydrogens is 223 g/mol. The topological polar surface area (TPSA) is 46.5 Å². The van der Waals surface area contributed by atoms with E-state index in [-0.39, 0.29) is 5.75 Å². The van der Waals surface area contributed by atoms with Gasteiger partial charge in [-0.15, -0.1) is 0 Å². The standard InChI is InChI=1S/C13H13FO3/c1-9(4-3-5-13(15)16)10-6-7-12(17-2)11(14)8-10/h3-8H,1-2H3,(H,15,16)/b5-3+,9-4+. The Kier molecular flexibility index (Phi) is 4.46. The van der Waals surface area contributed by atoms with Crippen molar-refractivity contribution in [3.05, 3.63) is 47.8 Å². The molecule has 0 aliphatic rings. The number of aliphatic carboxylic acids is 1. The molecule has 0 aliphatic heterocycles. The van der Waals surface area contributed by atoms with Crippen LogP contribution in [0.4, 0.5) is 4.39 Å². The first-order chi connectivity index (χ1) is 8.04. The Morgan fingerprint density at radius 2 is 2.18 bits per heavy atom. The second-order valence-corrected chi connectivity index (χ2v) is 3.40. The van der Waals surface area contributed by atoms with Crippen LogP contribution in [0.3, 0.4) is 0 Å². The number of allylic oxidation sites excluding steroid dienone is 3. The molecule has 0 spiro atoms. The average molecular weight is 236 g/mol. The van der Waals surface area contributed by atoms with Gasteiger partial charge in [-0.2, -0.15) is 0 Å². The minimum Gasteiger partial charge on any atom is -0.494 e. The zero-order chi connectivity index (χ0) is 12.8. The maximum Gasteiger partial charge on any atom is 0.328 e. The van der Waals surface area contributed by atoms with Crippen molar-refractivity contribution in [3.8, 4) is 5.75 Å². The molecule has 1 aromatic rings. The van der Waals surface area contributed by atoms with E-state index >= 15 is 0 Å². The van der Waals surface area contributed by atoms with Crippen molar-refractivity contribution in [2.24, 2.45) is 0 Å². The summed E-state index contributed by atoms with van der Waals surface area (Å²) >= 11 is 0. The van der Waals surface area contributed by atoms with E-state index in [1.807, 2.05) is 0 Å². The van der Waals surface area contributed by atoms with Crippen molar-refractivity contribution in [2.45, 2.75) is 6.92 Å². The lowest BCUT2D eigenvalue weighted by Gasteiger charge is -2.04. The van der Waals surface area contributed by atoms with E-state index in [0.717, 1.165) is 11.6 Å². The molecule has 0 bridgehead atoms. The van der Waals surface area contributed by atoms with Gasteiger partial charge in [0.25, 0.3) is 0 Å². The van der Waals surface area contributed by atoms with Gasteiger partial charge in [-0.3, -0.25) is 0 Å². The molecule has 4 heteroatoms. The second kappa shape index (κ2) is 5.84. The van der Waals surface area contributed by atoms with Crippen LogP contribution in [-0.2, 0) is 4.79 Å². The van der Waals surface area contributed by atoms with Gasteiger partial charge in [-0.25, -0.2) is 9.18 Å². The van der Waals surface area contributed by atoms with E-state index in [0.29, 0.717) is 5.56 Å². The quantitative estimate of drug-likeness (QED) is 0.645. The van der Waals surface area contributed by atoms with E-state index < -0.39 is 11.8 Å². The Morgan fingerprint density at radius 3 is 2.71 bits per heavy atom. The number of carboxylic acid groups (broad SMARTS) is 1. The number of hydrogen-bond acceptors (Lipinski definition) is 2. The molecule has 0 amide bonds. The van der Waals surface area contributed by atoms with Crippen molar-refractivity contribution in [3.63, 3.8) is 0 Å². The summed E-state index contributed by atoms with van der Waals surface area (Å²) in [5, 5.41) is 8.42. The zero-order valence-electron chi connectivity index (χ0n) is 9.61. The number of rotatable bonds is 4. The van der Waals surface area contributed by atoms with Crippen LogP contribution < -0.4 is 4.74 Å². The first-order valence-corrected chi connectivity index (χ1v) is 4.96. The van der Waals surface area contributed by atoms with Gasteiger partial charge in [0.15, 0.2) is 11.6 Å². The molecule has 0 heterocycles. The maximum absolute atomic E-state index is 13.4. The molecule has 17 heavy (non-hydrogen) atoms. The summed E-state index contributed by atoms with van der Waals surface area (Å²) in [4.78, 5) is 10.3. The molecule has 0 saturated heterocycles. The molecule has 0 unspecified atom stereocenters. The smallest absolute Gasteiger partial charge is 0.328 e. The fourth-order valence-corrected chi connectivity index (χ4v) is 1.28. The molecule has 90 valence electrons. The van der Waals surface area contributed by atoms with Crippen molar-refractivity contribution in [1.82, 2.24) is 0 Å². The predicted octanol–water partition coefficient (Wildman–Crippen LogP) is 2.88. The third kappa shape index (κ3) is 3.75. The molecule has 0 atom stereocenters. The van der Waals surface area contributed by atoms with Gasteiger partial charge in [-0.1, -0.05) is 18.2 Å². The Hall–Kier alpha value is -2.10. The molecule has 0 fully saturated rings. The van der Waals surface area contributed by atoms with Crippen LogP contribution in [0.25, 0.3) is 5.57 Å². The highest BCUT2D eigenvalue weighted by Gasteiger charge is 2.03. The fraction of sp³-hybridized carbons (Fsp3) is 0.154. The molecule has 0 aromatic heterocycles. The number of carboxylic acids is 1. The van der Waals surface area contributed by atoms with Crippen molar-refractivity contribution in [2.75, 3.05) is 7.11 Å². The van der Waals surface area contributed by atoms with Crippen molar-refractivity contribution >= 4 is 11.5 Å². The average Bonchev–Trinajstić information content (AvgIpc) is 2.28. The van der Waals surface area contributed by atoms with E-state index in [9.17, 15) is 9.18 Å². The third-order valence-corrected chi connectivity index (χ3v) is 2.19. The SMILES string of the molecule is COc1ccc(/C(C)=C/C=C/C(=O)O)cc1F. The van der Waals surface area contributed by atoms with Crippen LogP contribution in [0, 0.1) is 5.82 Å². The highest BCUT2D eigenvalue weighted by atomic mass is 19.1. The van der Waals surface area contributed by atoms with E-state index in [1.165, 1.54) is 25.3 Å². The summed E-state index contributed by atoms with van der Waals surface area (Å²) in [6.45, 7) is 1.77. The number of benzene rings is 1. The third-order valence-electron chi connectivity index (χ3n) is 2.19. The van der Waals surface area contributed by atoms with Gasteiger partial charge in [0.1, 0.15) is 0 Å². The minimum atomic E-state index is -1.02. The van der Waals surface area contributed by atoms with Gasteiger partial charge in [-0.05, 0) is 30.2 Å². The first-order valence-electron chi connectivity index (χ1n) is 4.96. The number of carbonyl (C=O) groups is 1. The molecular formula is C13H13FO3. The van der Waals surface area contributed by atoms with Crippen LogP contribution in [0.5, 0.6) is 5.75 Å². The summed E-state index contributed by atoms with van der Waals surface area (Å²) in [6, 6.07) is 4.59. The number of halogens is 1. The summed E-state index contributed by atoms with van der Waals surface area (Å²) in [6.07, 6.45) is 4.03. The Balaban J connectivity index is 2.93. The van der Waals surface area contributed by atoms with E-state index in [4.69, 9.17) is 9.84 Å². The van der Waals surface area contributed by atoms with Crippen LogP contribution in [0.15, 0.2) is 36.4 Å². The van der Waals surface area contributed by atoms with Gasteiger partial charge in [0, 0.05) is 6.08 Å². The lowest BCUT2D eigenvalue weighted by Crippen LogP contribution is -1.89. The van der Waals surface area contributed by atoms with Gasteiger partial charge in [0.2, 0.25) is 0 Å². The number of ether oxygens (including phenoxy) is 1. The van der Waals surface area contributed by atoms with Gasteiger partial charge >= 0.3 is 5.97 Å². The van der Waals surface area contributed by atoms with Crippen LogP contribution in [0.1, 0.15) is 12.5 Å². The molecule has 1 aromatic carbocycles. The van der Waals surface area contributed by atoms with E-state index in [2.05, 4.69) is 0 Å². The highest BCUT2D eigenvalue weighted by Crippen LogP contribution is 2.22. The normalized spacial score (nSPS) is 11.8. The molecule has 0 saturated carbocycles. The minimum absolute atomic E-state index is 0.183. The molecule has 1 N–H and O–H groups in total. The molecule has 1 rings (SSSR count). The maximum atomic E-state index is 13.4. The molecule has 0 radical (unpaired) electrons. The molecule has 0 aliphatic carbocycles. The van der Waals surface area contributed by atoms with E-state index in [1.54, 1.807) is 19.1 Å².